The lowest BCUT2D eigenvalue weighted by molar-refractivity contribution is -0.138. The van der Waals surface area contributed by atoms with Crippen molar-refractivity contribution in [2.45, 2.75) is 96.8 Å². The number of alkyl carbamates (subject to hydrolysis) is 2. The first kappa shape index (κ1) is 39.4. The third-order valence-electron chi connectivity index (χ3n) is 11.4. The second-order valence-corrected chi connectivity index (χ2v) is 15.9. The van der Waals surface area contributed by atoms with Gasteiger partial charge in [0.1, 0.15) is 23.7 Å². The van der Waals surface area contributed by atoms with Crippen molar-refractivity contribution < 1.29 is 28.7 Å². The molecule has 0 unspecified atom stereocenters. The van der Waals surface area contributed by atoms with Crippen molar-refractivity contribution in [3.63, 3.8) is 0 Å². The van der Waals surface area contributed by atoms with Crippen molar-refractivity contribution in [3.8, 4) is 23.1 Å². The Hall–Kier alpha value is -5.84. The zero-order chi connectivity index (χ0) is 40.4. The molecule has 2 fully saturated rings. The molecular weight excluding hydrogens is 725 g/mol. The zero-order valence-corrected chi connectivity index (χ0v) is 33.5. The number of nitrogens with zero attached hydrogens (tertiary/aromatic N) is 4. The van der Waals surface area contributed by atoms with E-state index in [0.717, 1.165) is 95.7 Å². The fourth-order valence-electron chi connectivity index (χ4n) is 8.32. The number of nitrogens with one attached hydrogen (secondary N) is 4. The van der Waals surface area contributed by atoms with Crippen LogP contribution in [-0.2, 0) is 31.9 Å². The van der Waals surface area contributed by atoms with Crippen LogP contribution in [0.15, 0.2) is 36.4 Å². The number of aromatic nitrogens is 4. The molecule has 3 aliphatic rings. The maximum absolute atomic E-state index is 13.7. The summed E-state index contributed by atoms with van der Waals surface area (Å²) in [7, 11) is 2.59. The molecule has 14 heteroatoms. The van der Waals surface area contributed by atoms with Gasteiger partial charge >= 0.3 is 12.2 Å². The third kappa shape index (κ3) is 8.19. The second-order valence-electron chi connectivity index (χ2n) is 15.9. The molecule has 300 valence electrons. The molecular formula is C43H52N8O6. The highest BCUT2D eigenvalue weighted by Crippen LogP contribution is 2.38. The average molecular weight is 777 g/mol. The molecule has 0 saturated carbocycles. The fraction of sp³-hybridized carbons (Fsp3) is 0.488. The first-order chi connectivity index (χ1) is 27.4. The summed E-state index contributed by atoms with van der Waals surface area (Å²) in [6.07, 6.45) is 4.67. The van der Waals surface area contributed by atoms with E-state index in [9.17, 15) is 19.2 Å². The molecule has 0 bridgehead atoms. The topological polar surface area (TPSA) is 175 Å². The highest BCUT2D eigenvalue weighted by atomic mass is 16.5. The van der Waals surface area contributed by atoms with E-state index >= 15 is 0 Å². The Morgan fingerprint density at radius 1 is 0.737 bits per heavy atom. The van der Waals surface area contributed by atoms with Crippen molar-refractivity contribution in [3.05, 3.63) is 70.4 Å². The van der Waals surface area contributed by atoms with E-state index in [1.54, 1.807) is 0 Å². The van der Waals surface area contributed by atoms with Crippen LogP contribution < -0.4 is 10.6 Å². The van der Waals surface area contributed by atoms with Gasteiger partial charge in [-0.25, -0.2) is 19.6 Å². The number of fused-ring (bicyclic) bond motifs is 4. The van der Waals surface area contributed by atoms with Crippen molar-refractivity contribution in [2.24, 2.45) is 11.8 Å². The number of piperidine rings is 1. The minimum absolute atomic E-state index is 0.104. The Bertz CT molecular complexity index is 2230. The van der Waals surface area contributed by atoms with Crippen molar-refractivity contribution in [1.82, 2.24) is 40.4 Å². The predicted molar refractivity (Wildman–Crippen MR) is 214 cm³/mol. The summed E-state index contributed by atoms with van der Waals surface area (Å²) in [6.45, 7) is 8.82. The molecule has 0 spiro atoms. The summed E-state index contributed by atoms with van der Waals surface area (Å²) in [5.41, 5.74) is 7.60. The number of ether oxygens (including phenoxy) is 2. The molecule has 2 saturated heterocycles. The Morgan fingerprint density at radius 2 is 1.32 bits per heavy atom. The van der Waals surface area contributed by atoms with Crippen LogP contribution >= 0.6 is 0 Å². The van der Waals surface area contributed by atoms with Crippen molar-refractivity contribution >= 4 is 35.0 Å². The Balaban J connectivity index is 1.07. The van der Waals surface area contributed by atoms with Crippen LogP contribution in [0.3, 0.4) is 0 Å². The predicted octanol–water partition coefficient (Wildman–Crippen LogP) is 5.93. The number of hydrogen-bond donors (Lipinski definition) is 4. The van der Waals surface area contributed by atoms with Crippen LogP contribution in [0.4, 0.5) is 9.59 Å². The standard InChI is InChI=1S/C43H52N8O6/c1-24(2)35(48-42(54)56-5)40(52)50-20-8-7-10-33(50)38-44-30-18-15-27(23-32(30)46-38)13-12-26-14-17-29-28(22-26)16-19-31-37(29)47-39(45-31)34-11-9-21-51(34)41(53)36(25(3)4)49-43(55)57-6/h14-15,17-18,22-25,33-36H,7-11,16,19-21H2,1-6H3,(H,44,46)(H,45,47)(H,48,54)(H,49,55)/t33-,34-,35-,36-/m0/s1. The number of methoxy groups -OCH3 is 2. The van der Waals surface area contributed by atoms with Gasteiger partial charge in [0.25, 0.3) is 0 Å². The Kier molecular flexibility index (Phi) is 11.6. The van der Waals surface area contributed by atoms with Gasteiger partial charge in [0.15, 0.2) is 0 Å². The number of carbonyl (C=O) groups excluding carboxylic acids is 4. The van der Waals surface area contributed by atoms with Crippen LogP contribution in [-0.4, -0.2) is 93.1 Å². The molecule has 57 heavy (non-hydrogen) atoms. The lowest BCUT2D eigenvalue weighted by Crippen LogP contribution is -2.53. The van der Waals surface area contributed by atoms with Gasteiger partial charge in [-0.05, 0) is 92.7 Å². The quantitative estimate of drug-likeness (QED) is 0.159. The number of imidazole rings is 2. The molecule has 4 heterocycles. The van der Waals surface area contributed by atoms with E-state index in [1.807, 2.05) is 61.8 Å². The normalized spacial score (nSPS) is 18.7. The molecule has 4 N–H and O–H groups in total. The minimum Gasteiger partial charge on any atom is -0.453 e. The van der Waals surface area contributed by atoms with E-state index < -0.39 is 24.3 Å². The van der Waals surface area contributed by atoms with Crippen molar-refractivity contribution in [1.29, 1.82) is 0 Å². The Morgan fingerprint density at radius 3 is 1.95 bits per heavy atom. The fourth-order valence-corrected chi connectivity index (χ4v) is 8.32. The number of rotatable bonds is 8. The molecule has 4 amide bonds. The van der Waals surface area contributed by atoms with E-state index in [2.05, 4.69) is 44.6 Å². The summed E-state index contributed by atoms with van der Waals surface area (Å²) in [6, 6.07) is 10.3. The molecule has 2 aromatic carbocycles. The van der Waals surface area contributed by atoms with Crippen LogP contribution in [0, 0.1) is 23.7 Å². The summed E-state index contributed by atoms with van der Waals surface area (Å²) in [4.78, 5) is 72.1. The van der Waals surface area contributed by atoms with Crippen LogP contribution in [0.5, 0.6) is 0 Å². The monoisotopic (exact) mass is 776 g/mol. The molecule has 4 aromatic rings. The molecule has 14 nitrogen and oxygen atoms in total. The molecule has 4 atom stereocenters. The summed E-state index contributed by atoms with van der Waals surface area (Å²) in [5.74, 6) is 7.69. The molecule has 2 aliphatic heterocycles. The number of carbonyl (C=O) groups is 4. The van der Waals surface area contributed by atoms with Gasteiger partial charge in [-0.1, -0.05) is 45.6 Å². The van der Waals surface area contributed by atoms with E-state index in [1.165, 1.54) is 19.8 Å². The van der Waals surface area contributed by atoms with Crippen LogP contribution in [0.25, 0.3) is 22.3 Å². The molecule has 0 radical (unpaired) electrons. The van der Waals surface area contributed by atoms with Gasteiger partial charge in [-0.3, -0.25) is 9.59 Å². The highest BCUT2D eigenvalue weighted by molar-refractivity contribution is 5.87. The van der Waals surface area contributed by atoms with Gasteiger partial charge in [0, 0.05) is 35.5 Å². The third-order valence-corrected chi connectivity index (χ3v) is 11.4. The number of amides is 4. The number of likely N-dealkylation sites (tertiary alicyclic amines) is 2. The SMILES string of the molecule is COC(=O)N[C@H](C(=O)N1CCC[C@H]1c1nc2c([nH]1)CCc1cc(C#Cc3ccc4nc([C@@H]5CCCCN5C(=O)[C@@H](NC(=O)OC)C(C)C)[nH]c4c3)ccc1-2)C(C)C. The summed E-state index contributed by atoms with van der Waals surface area (Å²) >= 11 is 0. The number of H-pyrrole nitrogens is 2. The first-order valence-electron chi connectivity index (χ1n) is 20.0. The van der Waals surface area contributed by atoms with E-state index in [4.69, 9.17) is 19.4 Å². The van der Waals surface area contributed by atoms with Gasteiger partial charge in [-0.2, -0.15) is 0 Å². The zero-order valence-electron chi connectivity index (χ0n) is 33.5. The maximum Gasteiger partial charge on any atom is 0.407 e. The number of hydrogen-bond acceptors (Lipinski definition) is 8. The average Bonchev–Trinajstić information content (AvgIpc) is 3.98. The highest BCUT2D eigenvalue weighted by Gasteiger charge is 2.39. The van der Waals surface area contributed by atoms with Gasteiger partial charge < -0.3 is 39.9 Å². The first-order valence-corrected chi connectivity index (χ1v) is 20.0. The maximum atomic E-state index is 13.7. The van der Waals surface area contributed by atoms with E-state index in [-0.39, 0.29) is 35.7 Å². The summed E-state index contributed by atoms with van der Waals surface area (Å²) in [5, 5.41) is 5.44. The van der Waals surface area contributed by atoms with Gasteiger partial charge in [-0.15, -0.1) is 0 Å². The lowest BCUT2D eigenvalue weighted by atomic mass is 9.91. The van der Waals surface area contributed by atoms with Crippen LogP contribution in [0.1, 0.15) is 106 Å². The molecule has 1 aliphatic carbocycles. The van der Waals surface area contributed by atoms with Crippen molar-refractivity contribution in [2.75, 3.05) is 27.3 Å². The van der Waals surface area contributed by atoms with Gasteiger partial charge in [0.2, 0.25) is 11.8 Å². The Labute approximate surface area is 332 Å². The number of benzene rings is 2. The number of aryl methyl sites for hydroxylation is 2. The summed E-state index contributed by atoms with van der Waals surface area (Å²) < 4.78 is 9.57. The largest absolute Gasteiger partial charge is 0.453 e. The molecule has 2 aromatic heterocycles. The van der Waals surface area contributed by atoms with Crippen LogP contribution in [0.2, 0.25) is 0 Å². The van der Waals surface area contributed by atoms with Gasteiger partial charge in [0.05, 0.1) is 43.0 Å². The second kappa shape index (κ2) is 16.7. The smallest absolute Gasteiger partial charge is 0.407 e. The molecule has 7 rings (SSSR count). The minimum atomic E-state index is -0.700. The number of aromatic amines is 2. The van der Waals surface area contributed by atoms with E-state index in [0.29, 0.717) is 13.1 Å². The lowest BCUT2D eigenvalue weighted by Gasteiger charge is -2.37.